The summed E-state index contributed by atoms with van der Waals surface area (Å²) >= 11 is 0. The highest BCUT2D eigenvalue weighted by Gasteiger charge is 2.14. The van der Waals surface area contributed by atoms with Crippen LogP contribution in [-0.2, 0) is 0 Å². The summed E-state index contributed by atoms with van der Waals surface area (Å²) in [7, 11) is 0. The van der Waals surface area contributed by atoms with Gasteiger partial charge in [0.1, 0.15) is 12.1 Å². The van der Waals surface area contributed by atoms with Crippen LogP contribution in [0.2, 0.25) is 0 Å². The van der Waals surface area contributed by atoms with Crippen LogP contribution >= 0.6 is 0 Å². The molecule has 1 heterocycles. The summed E-state index contributed by atoms with van der Waals surface area (Å²) in [4.78, 5) is 7.44. The van der Waals surface area contributed by atoms with Gasteiger partial charge in [0.2, 0.25) is 5.82 Å². The monoisotopic (exact) mass is 265 g/mol. The molecule has 0 aliphatic rings. The van der Waals surface area contributed by atoms with Gasteiger partial charge >= 0.3 is 0 Å². The Morgan fingerprint density at radius 2 is 1.89 bits per heavy atom. The smallest absolute Gasteiger partial charge is 0.256 e. The van der Waals surface area contributed by atoms with Gasteiger partial charge in [-0.1, -0.05) is 12.1 Å². The Labute approximate surface area is 109 Å². The standard InChI is InChI=1S/C13H13F2N3O/c1-8(2)19-13-11(15)12(16-7-17-13)18-10-6-4-3-5-9(10)14/h3-8H,1-2H3,(H,16,17,18). The van der Waals surface area contributed by atoms with E-state index < -0.39 is 11.6 Å². The SMILES string of the molecule is CC(C)Oc1ncnc(Nc2ccccc2F)c1F. The Hall–Kier alpha value is -2.24. The first-order valence-corrected chi connectivity index (χ1v) is 5.76. The molecule has 0 saturated carbocycles. The molecule has 0 aliphatic carbocycles. The summed E-state index contributed by atoms with van der Waals surface area (Å²) in [5.74, 6) is -1.54. The highest BCUT2D eigenvalue weighted by molar-refractivity contribution is 5.57. The fourth-order valence-corrected chi connectivity index (χ4v) is 1.44. The molecule has 1 N–H and O–H groups in total. The predicted octanol–water partition coefficient (Wildman–Crippen LogP) is 3.29. The van der Waals surface area contributed by atoms with Crippen LogP contribution in [0.15, 0.2) is 30.6 Å². The van der Waals surface area contributed by atoms with Crippen molar-refractivity contribution in [3.63, 3.8) is 0 Å². The molecule has 2 aromatic rings. The number of hydrogen-bond donors (Lipinski definition) is 1. The molecule has 2 rings (SSSR count). The van der Waals surface area contributed by atoms with E-state index in [-0.39, 0.29) is 23.5 Å². The highest BCUT2D eigenvalue weighted by Crippen LogP contribution is 2.24. The van der Waals surface area contributed by atoms with Crippen LogP contribution in [-0.4, -0.2) is 16.1 Å². The van der Waals surface area contributed by atoms with E-state index in [1.165, 1.54) is 12.1 Å². The van der Waals surface area contributed by atoms with E-state index in [4.69, 9.17) is 4.74 Å². The van der Waals surface area contributed by atoms with Crippen molar-refractivity contribution in [3.8, 4) is 5.88 Å². The maximum absolute atomic E-state index is 14.0. The number of nitrogens with zero attached hydrogens (tertiary/aromatic N) is 2. The van der Waals surface area contributed by atoms with Crippen LogP contribution in [0.5, 0.6) is 5.88 Å². The highest BCUT2D eigenvalue weighted by atomic mass is 19.1. The zero-order chi connectivity index (χ0) is 13.8. The number of anilines is 2. The van der Waals surface area contributed by atoms with Crippen molar-refractivity contribution in [2.45, 2.75) is 20.0 Å². The van der Waals surface area contributed by atoms with E-state index in [1.807, 2.05) is 0 Å². The van der Waals surface area contributed by atoms with Crippen LogP contribution < -0.4 is 10.1 Å². The third-order valence-electron chi connectivity index (χ3n) is 2.23. The molecule has 0 spiro atoms. The minimum Gasteiger partial charge on any atom is -0.473 e. The minimum atomic E-state index is -0.751. The molecular formula is C13H13F2N3O. The zero-order valence-corrected chi connectivity index (χ0v) is 10.5. The van der Waals surface area contributed by atoms with Crippen LogP contribution in [0.4, 0.5) is 20.3 Å². The molecule has 0 radical (unpaired) electrons. The van der Waals surface area contributed by atoms with Gasteiger partial charge in [-0.25, -0.2) is 9.37 Å². The van der Waals surface area contributed by atoms with Crippen LogP contribution in [0.3, 0.4) is 0 Å². The number of rotatable bonds is 4. The van der Waals surface area contributed by atoms with E-state index in [2.05, 4.69) is 15.3 Å². The van der Waals surface area contributed by atoms with E-state index in [1.54, 1.807) is 26.0 Å². The molecule has 0 bridgehead atoms. The van der Waals surface area contributed by atoms with Crippen molar-refractivity contribution in [1.29, 1.82) is 0 Å². The van der Waals surface area contributed by atoms with Crippen LogP contribution in [0.1, 0.15) is 13.8 Å². The van der Waals surface area contributed by atoms with Crippen LogP contribution in [0, 0.1) is 11.6 Å². The third kappa shape index (κ3) is 3.15. The van der Waals surface area contributed by atoms with Crippen molar-refractivity contribution in [2.75, 3.05) is 5.32 Å². The van der Waals surface area contributed by atoms with Gasteiger partial charge in [0.25, 0.3) is 5.88 Å². The van der Waals surface area contributed by atoms with Crippen molar-refractivity contribution in [3.05, 3.63) is 42.2 Å². The number of nitrogens with one attached hydrogen (secondary N) is 1. The summed E-state index contributed by atoms with van der Waals surface area (Å²) in [5.41, 5.74) is 0.135. The maximum atomic E-state index is 14.0. The molecule has 19 heavy (non-hydrogen) atoms. The second kappa shape index (κ2) is 5.60. The number of benzene rings is 1. The minimum absolute atomic E-state index is 0.129. The lowest BCUT2D eigenvalue weighted by molar-refractivity contribution is 0.220. The fourth-order valence-electron chi connectivity index (χ4n) is 1.44. The Balaban J connectivity index is 2.28. The molecule has 0 atom stereocenters. The van der Waals surface area contributed by atoms with Gasteiger partial charge in [-0.3, -0.25) is 0 Å². The van der Waals surface area contributed by atoms with Gasteiger partial charge in [-0.15, -0.1) is 0 Å². The normalized spacial score (nSPS) is 10.6. The summed E-state index contributed by atoms with van der Waals surface area (Å²) in [5, 5.41) is 2.57. The number of halogens is 2. The summed E-state index contributed by atoms with van der Waals surface area (Å²) in [6.45, 7) is 3.51. The molecular weight excluding hydrogens is 252 g/mol. The quantitative estimate of drug-likeness (QED) is 0.921. The van der Waals surface area contributed by atoms with Gasteiger partial charge in [-0.05, 0) is 26.0 Å². The Morgan fingerprint density at radius 3 is 2.58 bits per heavy atom. The van der Waals surface area contributed by atoms with Gasteiger partial charge in [-0.2, -0.15) is 9.37 Å². The van der Waals surface area contributed by atoms with Crippen molar-refractivity contribution in [1.82, 2.24) is 9.97 Å². The Morgan fingerprint density at radius 1 is 1.16 bits per heavy atom. The lowest BCUT2D eigenvalue weighted by Gasteiger charge is -2.12. The van der Waals surface area contributed by atoms with E-state index in [9.17, 15) is 8.78 Å². The number of para-hydroxylation sites is 1. The van der Waals surface area contributed by atoms with E-state index >= 15 is 0 Å². The lowest BCUT2D eigenvalue weighted by atomic mass is 10.3. The second-order valence-electron chi connectivity index (χ2n) is 4.11. The summed E-state index contributed by atoms with van der Waals surface area (Å²) < 4.78 is 32.7. The number of aromatic nitrogens is 2. The largest absolute Gasteiger partial charge is 0.473 e. The zero-order valence-electron chi connectivity index (χ0n) is 10.5. The van der Waals surface area contributed by atoms with Gasteiger partial charge in [0.05, 0.1) is 11.8 Å². The molecule has 4 nitrogen and oxygen atoms in total. The number of ether oxygens (including phenoxy) is 1. The molecule has 0 fully saturated rings. The predicted molar refractivity (Wildman–Crippen MR) is 67.4 cm³/mol. The first kappa shape index (κ1) is 13.2. The molecule has 1 aromatic heterocycles. The van der Waals surface area contributed by atoms with Gasteiger partial charge in [0.15, 0.2) is 5.82 Å². The van der Waals surface area contributed by atoms with Crippen molar-refractivity contribution >= 4 is 11.5 Å². The first-order chi connectivity index (χ1) is 9.08. The summed E-state index contributed by atoms with van der Waals surface area (Å²) in [6.07, 6.45) is 0.940. The fraction of sp³-hybridized carbons (Fsp3) is 0.231. The second-order valence-corrected chi connectivity index (χ2v) is 4.11. The molecule has 0 saturated heterocycles. The molecule has 1 aromatic carbocycles. The van der Waals surface area contributed by atoms with Crippen molar-refractivity contribution in [2.24, 2.45) is 0 Å². The van der Waals surface area contributed by atoms with Crippen LogP contribution in [0.25, 0.3) is 0 Å². The molecule has 0 unspecified atom stereocenters. The summed E-state index contributed by atoms with van der Waals surface area (Å²) in [6, 6.07) is 5.94. The average molecular weight is 265 g/mol. The first-order valence-electron chi connectivity index (χ1n) is 5.76. The Bertz CT molecular complexity index is 576. The molecule has 100 valence electrons. The van der Waals surface area contributed by atoms with E-state index in [0.29, 0.717) is 0 Å². The van der Waals surface area contributed by atoms with Crippen molar-refractivity contribution < 1.29 is 13.5 Å². The molecule has 6 heteroatoms. The van der Waals surface area contributed by atoms with Gasteiger partial charge < -0.3 is 10.1 Å². The van der Waals surface area contributed by atoms with E-state index in [0.717, 1.165) is 6.33 Å². The van der Waals surface area contributed by atoms with Gasteiger partial charge in [0, 0.05) is 0 Å². The third-order valence-corrected chi connectivity index (χ3v) is 2.23. The number of hydrogen-bond acceptors (Lipinski definition) is 4. The maximum Gasteiger partial charge on any atom is 0.256 e. The molecule has 0 amide bonds. The Kier molecular flexibility index (Phi) is 3.89. The topological polar surface area (TPSA) is 47.0 Å². The molecule has 0 aliphatic heterocycles. The lowest BCUT2D eigenvalue weighted by Crippen LogP contribution is -2.10. The average Bonchev–Trinajstić information content (AvgIpc) is 2.36.